The van der Waals surface area contributed by atoms with Crippen molar-refractivity contribution in [3.05, 3.63) is 35.4 Å². The van der Waals surface area contributed by atoms with Crippen LogP contribution < -0.4 is 5.32 Å². The first-order chi connectivity index (χ1) is 10.0. The van der Waals surface area contributed by atoms with Crippen molar-refractivity contribution in [3.8, 4) is 0 Å². The van der Waals surface area contributed by atoms with E-state index in [1.54, 1.807) is 6.07 Å². The van der Waals surface area contributed by atoms with Crippen molar-refractivity contribution in [3.63, 3.8) is 0 Å². The maximum Gasteiger partial charge on any atom is 0.416 e. The Morgan fingerprint density at radius 2 is 2.00 bits per heavy atom. The van der Waals surface area contributed by atoms with Crippen LogP contribution in [-0.2, 0) is 15.7 Å². The Balaban J connectivity index is 2.14. The number of hydrogen-bond donors (Lipinski definition) is 1. The lowest BCUT2D eigenvalue weighted by atomic mass is 10.0. The summed E-state index contributed by atoms with van der Waals surface area (Å²) in [5.41, 5.74) is -0.0195. The zero-order valence-corrected chi connectivity index (χ0v) is 12.0. The number of hydrogen-bond acceptors (Lipinski definition) is 3. The maximum atomic E-state index is 12.8. The summed E-state index contributed by atoms with van der Waals surface area (Å²) in [4.78, 5) is 0. The normalized spacial score (nSPS) is 18.1. The van der Waals surface area contributed by atoms with Gasteiger partial charge in [0.15, 0.2) is 6.29 Å². The first-order valence-electron chi connectivity index (χ1n) is 7.14. The molecule has 21 heavy (non-hydrogen) atoms. The fraction of sp³-hybridized carbons (Fsp3) is 0.600. The quantitative estimate of drug-likeness (QED) is 0.872. The molecule has 1 aliphatic rings. The van der Waals surface area contributed by atoms with E-state index < -0.39 is 11.7 Å². The van der Waals surface area contributed by atoms with E-state index in [4.69, 9.17) is 9.47 Å². The predicted octanol–water partition coefficient (Wildman–Crippen LogP) is 3.51. The van der Waals surface area contributed by atoms with E-state index in [1.807, 2.05) is 6.92 Å². The minimum atomic E-state index is -4.33. The van der Waals surface area contributed by atoms with Crippen molar-refractivity contribution in [2.45, 2.75) is 38.3 Å². The third-order valence-electron chi connectivity index (χ3n) is 3.38. The van der Waals surface area contributed by atoms with Gasteiger partial charge >= 0.3 is 6.18 Å². The van der Waals surface area contributed by atoms with Gasteiger partial charge in [0.2, 0.25) is 0 Å². The zero-order valence-electron chi connectivity index (χ0n) is 12.0. The lowest BCUT2D eigenvalue weighted by molar-refractivity contribution is -0.137. The average molecular weight is 303 g/mol. The molecule has 1 aliphatic heterocycles. The Kier molecular flexibility index (Phi) is 5.61. The Bertz CT molecular complexity index is 445. The highest BCUT2D eigenvalue weighted by Crippen LogP contribution is 2.32. The molecule has 1 atom stereocenters. The van der Waals surface area contributed by atoms with Crippen LogP contribution in [0.15, 0.2) is 24.3 Å². The second-order valence-corrected chi connectivity index (χ2v) is 5.04. The molecule has 0 aliphatic carbocycles. The molecule has 0 bridgehead atoms. The standard InChI is InChI=1S/C15H20F3NO2/c1-2-6-19-13(10-14-20-7-8-21-14)11-4-3-5-12(9-11)15(16,17)18/h3-5,9,13-14,19H,2,6-8,10H2,1H3. The molecule has 1 unspecified atom stereocenters. The van der Waals surface area contributed by atoms with Crippen molar-refractivity contribution >= 4 is 0 Å². The summed E-state index contributed by atoms with van der Waals surface area (Å²) in [5, 5.41) is 3.26. The third kappa shape index (κ3) is 4.69. The molecule has 6 heteroatoms. The summed E-state index contributed by atoms with van der Waals surface area (Å²) in [6, 6.07) is 5.22. The average Bonchev–Trinajstić information content (AvgIpc) is 2.95. The molecule has 0 radical (unpaired) electrons. The molecule has 1 fully saturated rings. The molecular weight excluding hydrogens is 283 g/mol. The van der Waals surface area contributed by atoms with Crippen LogP contribution in [0.2, 0.25) is 0 Å². The number of benzene rings is 1. The molecule has 1 aromatic rings. The molecule has 1 N–H and O–H groups in total. The molecule has 0 spiro atoms. The SMILES string of the molecule is CCCNC(CC1OCCO1)c1cccc(C(F)(F)F)c1. The second-order valence-electron chi connectivity index (χ2n) is 5.04. The van der Waals surface area contributed by atoms with E-state index in [1.165, 1.54) is 12.1 Å². The van der Waals surface area contributed by atoms with Gasteiger partial charge in [-0.15, -0.1) is 0 Å². The Hall–Kier alpha value is -1.11. The monoisotopic (exact) mass is 303 g/mol. The van der Waals surface area contributed by atoms with Crippen LogP contribution in [0.25, 0.3) is 0 Å². The van der Waals surface area contributed by atoms with Gasteiger partial charge in [-0.3, -0.25) is 0 Å². The topological polar surface area (TPSA) is 30.5 Å². The van der Waals surface area contributed by atoms with Gasteiger partial charge in [-0.2, -0.15) is 13.2 Å². The Morgan fingerprint density at radius 1 is 1.29 bits per heavy atom. The largest absolute Gasteiger partial charge is 0.416 e. The van der Waals surface area contributed by atoms with Gasteiger partial charge in [0.05, 0.1) is 18.8 Å². The predicted molar refractivity (Wildman–Crippen MR) is 72.8 cm³/mol. The van der Waals surface area contributed by atoms with E-state index >= 15 is 0 Å². The lowest BCUT2D eigenvalue weighted by Crippen LogP contribution is -2.27. The highest BCUT2D eigenvalue weighted by Gasteiger charge is 2.31. The summed E-state index contributed by atoms with van der Waals surface area (Å²) >= 11 is 0. The van der Waals surface area contributed by atoms with E-state index in [2.05, 4.69) is 5.32 Å². The van der Waals surface area contributed by atoms with Crippen molar-refractivity contribution in [2.24, 2.45) is 0 Å². The second kappa shape index (κ2) is 7.24. The van der Waals surface area contributed by atoms with Crippen LogP contribution in [0.3, 0.4) is 0 Å². The van der Waals surface area contributed by atoms with Crippen LogP contribution in [0, 0.1) is 0 Å². The maximum absolute atomic E-state index is 12.8. The van der Waals surface area contributed by atoms with Gasteiger partial charge in [0.1, 0.15) is 0 Å². The minimum Gasteiger partial charge on any atom is -0.350 e. The third-order valence-corrected chi connectivity index (χ3v) is 3.38. The summed E-state index contributed by atoms with van der Waals surface area (Å²) in [7, 11) is 0. The smallest absolute Gasteiger partial charge is 0.350 e. The molecule has 1 aromatic carbocycles. The van der Waals surface area contributed by atoms with Crippen LogP contribution >= 0.6 is 0 Å². The van der Waals surface area contributed by atoms with Crippen molar-refractivity contribution in [1.82, 2.24) is 5.32 Å². The number of rotatable bonds is 6. The summed E-state index contributed by atoms with van der Waals surface area (Å²) in [6.45, 7) is 3.81. The molecule has 1 heterocycles. The van der Waals surface area contributed by atoms with Gasteiger partial charge < -0.3 is 14.8 Å². The van der Waals surface area contributed by atoms with Gasteiger partial charge in [0, 0.05) is 12.5 Å². The first-order valence-corrected chi connectivity index (χ1v) is 7.14. The molecule has 1 saturated heterocycles. The van der Waals surface area contributed by atoms with Gasteiger partial charge in [-0.25, -0.2) is 0 Å². The van der Waals surface area contributed by atoms with Gasteiger partial charge in [-0.05, 0) is 30.7 Å². The van der Waals surface area contributed by atoms with Crippen LogP contribution in [0.1, 0.15) is 36.9 Å². The fourth-order valence-corrected chi connectivity index (χ4v) is 2.32. The molecule has 2 rings (SSSR count). The van der Waals surface area contributed by atoms with E-state index in [0.717, 1.165) is 19.0 Å². The highest BCUT2D eigenvalue weighted by molar-refractivity contribution is 5.28. The molecule has 0 aromatic heterocycles. The molecule has 118 valence electrons. The number of halogens is 3. The summed E-state index contributed by atoms with van der Waals surface area (Å²) in [6.07, 6.45) is -3.27. The minimum absolute atomic E-state index is 0.213. The van der Waals surface area contributed by atoms with E-state index in [-0.39, 0.29) is 12.3 Å². The van der Waals surface area contributed by atoms with Crippen molar-refractivity contribution in [2.75, 3.05) is 19.8 Å². The van der Waals surface area contributed by atoms with Crippen molar-refractivity contribution < 1.29 is 22.6 Å². The van der Waals surface area contributed by atoms with Crippen LogP contribution in [0.5, 0.6) is 0 Å². The van der Waals surface area contributed by atoms with Gasteiger partial charge in [0.25, 0.3) is 0 Å². The number of nitrogens with one attached hydrogen (secondary N) is 1. The Labute approximate surface area is 122 Å². The molecule has 0 saturated carbocycles. The van der Waals surface area contributed by atoms with E-state index in [9.17, 15) is 13.2 Å². The van der Waals surface area contributed by atoms with Crippen LogP contribution in [-0.4, -0.2) is 26.0 Å². The van der Waals surface area contributed by atoms with Crippen molar-refractivity contribution in [1.29, 1.82) is 0 Å². The van der Waals surface area contributed by atoms with E-state index in [0.29, 0.717) is 25.2 Å². The highest BCUT2D eigenvalue weighted by atomic mass is 19.4. The summed E-state index contributed by atoms with van der Waals surface area (Å²) in [5.74, 6) is 0. The number of ether oxygens (including phenoxy) is 2. The summed E-state index contributed by atoms with van der Waals surface area (Å²) < 4.78 is 49.3. The van der Waals surface area contributed by atoms with Crippen LogP contribution in [0.4, 0.5) is 13.2 Å². The zero-order chi connectivity index (χ0) is 15.3. The number of alkyl halides is 3. The fourth-order valence-electron chi connectivity index (χ4n) is 2.32. The molecule has 0 amide bonds. The van der Waals surface area contributed by atoms with Gasteiger partial charge in [-0.1, -0.05) is 19.1 Å². The molecule has 3 nitrogen and oxygen atoms in total. The lowest BCUT2D eigenvalue weighted by Gasteiger charge is -2.22. The Morgan fingerprint density at radius 3 is 2.62 bits per heavy atom. The first kappa shape index (κ1) is 16.3. The molecular formula is C15H20F3NO2.